The molecule has 0 amide bonds. The van der Waals surface area contributed by atoms with Crippen molar-refractivity contribution >= 4 is 23.8 Å². The van der Waals surface area contributed by atoms with E-state index in [9.17, 15) is 4.79 Å². The highest BCUT2D eigenvalue weighted by Crippen LogP contribution is 2.16. The minimum absolute atomic E-state index is 0.349. The number of thioether (sulfide) groups is 1. The first-order valence-corrected chi connectivity index (χ1v) is 5.41. The number of carboxylic acids is 1. The second-order valence-corrected chi connectivity index (χ2v) is 3.79. The lowest BCUT2D eigenvalue weighted by Gasteiger charge is -1.98. The molecule has 0 fully saturated rings. The molecule has 74 valence electrons. The molecule has 3 heteroatoms. The van der Waals surface area contributed by atoms with Gasteiger partial charge in [-0.15, -0.1) is 11.8 Å². The molecule has 0 radical (unpaired) electrons. The summed E-state index contributed by atoms with van der Waals surface area (Å²) in [5.74, 6) is -0.876. The molecule has 1 rings (SSSR count). The molecule has 1 aromatic carbocycles. The van der Waals surface area contributed by atoms with Crippen LogP contribution in [0.1, 0.15) is 12.5 Å². The van der Waals surface area contributed by atoms with Crippen molar-refractivity contribution in [1.82, 2.24) is 0 Å². The van der Waals surface area contributed by atoms with Crippen LogP contribution in [0.15, 0.2) is 34.7 Å². The molecule has 0 bridgehead atoms. The van der Waals surface area contributed by atoms with Crippen LogP contribution in [0.4, 0.5) is 0 Å². The quantitative estimate of drug-likeness (QED) is 0.613. The van der Waals surface area contributed by atoms with Gasteiger partial charge < -0.3 is 5.11 Å². The summed E-state index contributed by atoms with van der Waals surface area (Å²) < 4.78 is 0. The van der Waals surface area contributed by atoms with Gasteiger partial charge in [-0.1, -0.05) is 12.1 Å². The van der Waals surface area contributed by atoms with Crippen LogP contribution in [0.5, 0.6) is 0 Å². The third kappa shape index (κ3) is 2.92. The summed E-state index contributed by atoms with van der Waals surface area (Å²) in [7, 11) is 0. The van der Waals surface area contributed by atoms with Crippen molar-refractivity contribution in [3.63, 3.8) is 0 Å². The van der Waals surface area contributed by atoms with Gasteiger partial charge in [-0.25, -0.2) is 4.79 Å². The van der Waals surface area contributed by atoms with Crippen molar-refractivity contribution < 1.29 is 9.90 Å². The van der Waals surface area contributed by atoms with Crippen molar-refractivity contribution in [3.8, 4) is 0 Å². The van der Waals surface area contributed by atoms with Gasteiger partial charge in [-0.05, 0) is 37.0 Å². The maximum atomic E-state index is 10.6. The van der Waals surface area contributed by atoms with Gasteiger partial charge in [0.1, 0.15) is 0 Å². The molecule has 0 saturated heterocycles. The third-order valence-corrected chi connectivity index (χ3v) is 2.58. The lowest BCUT2D eigenvalue weighted by atomic mass is 10.1. The molecular weight excluding hydrogens is 196 g/mol. The Morgan fingerprint density at radius 3 is 2.36 bits per heavy atom. The van der Waals surface area contributed by atoms with Gasteiger partial charge in [0.05, 0.1) is 0 Å². The number of aliphatic carboxylic acids is 1. The first-order valence-electron chi connectivity index (χ1n) is 4.19. The maximum Gasteiger partial charge on any atom is 0.331 e. The number of hydrogen-bond acceptors (Lipinski definition) is 2. The Hall–Kier alpha value is -1.22. The van der Waals surface area contributed by atoms with Crippen LogP contribution in [-0.2, 0) is 4.79 Å². The summed E-state index contributed by atoms with van der Waals surface area (Å²) in [6, 6.07) is 7.79. The zero-order valence-electron chi connectivity index (χ0n) is 8.15. The second-order valence-electron chi connectivity index (χ2n) is 2.91. The van der Waals surface area contributed by atoms with E-state index in [2.05, 4.69) is 0 Å². The highest BCUT2D eigenvalue weighted by molar-refractivity contribution is 7.98. The van der Waals surface area contributed by atoms with Crippen LogP contribution < -0.4 is 0 Å². The van der Waals surface area contributed by atoms with Crippen molar-refractivity contribution in [1.29, 1.82) is 0 Å². The summed E-state index contributed by atoms with van der Waals surface area (Å²) in [4.78, 5) is 11.7. The Morgan fingerprint density at radius 2 is 1.93 bits per heavy atom. The Morgan fingerprint density at radius 1 is 1.36 bits per heavy atom. The number of benzene rings is 1. The van der Waals surface area contributed by atoms with Gasteiger partial charge in [0.15, 0.2) is 0 Å². The summed E-state index contributed by atoms with van der Waals surface area (Å²) in [5, 5.41) is 8.67. The Balaban J connectivity index is 2.88. The molecule has 1 aromatic rings. The topological polar surface area (TPSA) is 37.3 Å². The lowest BCUT2D eigenvalue weighted by Crippen LogP contribution is -1.95. The number of carboxylic acid groups (broad SMARTS) is 1. The minimum atomic E-state index is -0.876. The van der Waals surface area contributed by atoms with E-state index in [1.807, 2.05) is 30.5 Å². The predicted octanol–water partition coefficient (Wildman–Crippen LogP) is 2.90. The molecule has 0 atom stereocenters. The maximum absolute atomic E-state index is 10.6. The predicted molar refractivity (Wildman–Crippen MR) is 59.5 cm³/mol. The molecule has 0 aliphatic heterocycles. The van der Waals surface area contributed by atoms with Gasteiger partial charge in [0.2, 0.25) is 0 Å². The van der Waals surface area contributed by atoms with E-state index in [1.54, 1.807) is 24.8 Å². The molecule has 0 saturated carbocycles. The van der Waals surface area contributed by atoms with Gasteiger partial charge in [0, 0.05) is 10.5 Å². The fourth-order valence-corrected chi connectivity index (χ4v) is 1.42. The summed E-state index contributed by atoms with van der Waals surface area (Å²) >= 11 is 1.67. The molecule has 0 aliphatic rings. The van der Waals surface area contributed by atoms with Crippen LogP contribution in [0.3, 0.4) is 0 Å². The lowest BCUT2D eigenvalue weighted by molar-refractivity contribution is -0.132. The van der Waals surface area contributed by atoms with Crippen molar-refractivity contribution in [2.75, 3.05) is 6.26 Å². The van der Waals surface area contributed by atoms with Crippen molar-refractivity contribution in [3.05, 3.63) is 35.4 Å². The Kier molecular flexibility index (Phi) is 3.77. The normalized spacial score (nSPS) is 11.4. The fraction of sp³-hybridized carbons (Fsp3) is 0.182. The van der Waals surface area contributed by atoms with E-state index in [1.165, 1.54) is 4.90 Å². The molecule has 1 N–H and O–H groups in total. The molecule has 2 nitrogen and oxygen atoms in total. The highest BCUT2D eigenvalue weighted by atomic mass is 32.2. The number of carbonyl (C=O) groups is 1. The molecular formula is C11H12O2S. The number of hydrogen-bond donors (Lipinski definition) is 1. The molecule has 0 spiro atoms. The molecule has 0 aliphatic carbocycles. The zero-order chi connectivity index (χ0) is 10.6. The summed E-state index contributed by atoms with van der Waals surface area (Å²) in [6.07, 6.45) is 3.67. The van der Waals surface area contributed by atoms with E-state index in [0.717, 1.165) is 5.56 Å². The van der Waals surface area contributed by atoms with Crippen molar-refractivity contribution in [2.45, 2.75) is 11.8 Å². The molecule has 14 heavy (non-hydrogen) atoms. The SMILES string of the molecule is CSc1ccc(C=C(C)C(=O)O)cc1. The Bertz CT molecular complexity index is 352. The van der Waals surface area contributed by atoms with E-state index >= 15 is 0 Å². The van der Waals surface area contributed by atoms with E-state index in [0.29, 0.717) is 5.57 Å². The van der Waals surface area contributed by atoms with Gasteiger partial charge in [-0.3, -0.25) is 0 Å². The van der Waals surface area contributed by atoms with Crippen LogP contribution in [0.2, 0.25) is 0 Å². The standard InChI is InChI=1S/C11H12O2S/c1-8(11(12)13)7-9-3-5-10(14-2)6-4-9/h3-7H,1-2H3,(H,12,13). The average Bonchev–Trinajstić information content (AvgIpc) is 2.19. The summed E-state index contributed by atoms with van der Waals surface area (Å²) in [5.41, 5.74) is 1.27. The second kappa shape index (κ2) is 4.86. The first kappa shape index (κ1) is 10.9. The monoisotopic (exact) mass is 208 g/mol. The smallest absolute Gasteiger partial charge is 0.331 e. The van der Waals surface area contributed by atoms with Crippen LogP contribution >= 0.6 is 11.8 Å². The first-order chi connectivity index (χ1) is 6.63. The van der Waals surface area contributed by atoms with Gasteiger partial charge >= 0.3 is 5.97 Å². The van der Waals surface area contributed by atoms with E-state index in [-0.39, 0.29) is 0 Å². The fourth-order valence-electron chi connectivity index (χ4n) is 1.01. The molecule has 0 unspecified atom stereocenters. The van der Waals surface area contributed by atoms with E-state index < -0.39 is 5.97 Å². The highest BCUT2D eigenvalue weighted by Gasteiger charge is 1.99. The zero-order valence-corrected chi connectivity index (χ0v) is 8.97. The molecule has 0 aromatic heterocycles. The third-order valence-electron chi connectivity index (χ3n) is 1.84. The number of rotatable bonds is 3. The van der Waals surface area contributed by atoms with Crippen LogP contribution in [-0.4, -0.2) is 17.3 Å². The average molecular weight is 208 g/mol. The summed E-state index contributed by atoms with van der Waals surface area (Å²) in [6.45, 7) is 1.59. The van der Waals surface area contributed by atoms with E-state index in [4.69, 9.17) is 5.11 Å². The van der Waals surface area contributed by atoms with Crippen LogP contribution in [0, 0.1) is 0 Å². The molecule has 0 heterocycles. The minimum Gasteiger partial charge on any atom is -0.478 e. The largest absolute Gasteiger partial charge is 0.478 e. The van der Waals surface area contributed by atoms with Crippen molar-refractivity contribution in [2.24, 2.45) is 0 Å². The van der Waals surface area contributed by atoms with Gasteiger partial charge in [-0.2, -0.15) is 0 Å². The van der Waals surface area contributed by atoms with Gasteiger partial charge in [0.25, 0.3) is 0 Å². The van der Waals surface area contributed by atoms with Crippen LogP contribution in [0.25, 0.3) is 6.08 Å². The Labute approximate surface area is 87.6 Å².